The van der Waals surface area contributed by atoms with Gasteiger partial charge < -0.3 is 10.6 Å². The van der Waals surface area contributed by atoms with E-state index in [0.717, 1.165) is 28.9 Å². The van der Waals surface area contributed by atoms with Crippen LogP contribution < -0.4 is 10.6 Å². The molecule has 0 aromatic heterocycles. The molecule has 0 bridgehead atoms. The lowest BCUT2D eigenvalue weighted by Crippen LogP contribution is -2.49. The van der Waals surface area contributed by atoms with Crippen LogP contribution in [0.2, 0.25) is 0 Å². The Balaban J connectivity index is 1.62. The predicted octanol–water partition coefficient (Wildman–Crippen LogP) is 2.94. The molecule has 1 aliphatic heterocycles. The van der Waals surface area contributed by atoms with Gasteiger partial charge in [-0.3, -0.25) is 9.59 Å². The highest BCUT2D eigenvalue weighted by Gasteiger charge is 2.55. The molecular formula is C21H20FN3O3. The summed E-state index contributed by atoms with van der Waals surface area (Å²) in [5.74, 6) is -1.66. The number of benzene rings is 2. The fraction of sp³-hybridized carbons (Fsp3) is 0.286. The number of aryl methyl sites for hydroxylation is 1. The molecule has 2 aromatic rings. The molecular weight excluding hydrogens is 361 g/mol. The molecule has 28 heavy (non-hydrogen) atoms. The Morgan fingerprint density at radius 1 is 1.18 bits per heavy atom. The summed E-state index contributed by atoms with van der Waals surface area (Å²) >= 11 is 0. The van der Waals surface area contributed by atoms with Gasteiger partial charge in [0.1, 0.15) is 17.4 Å². The van der Waals surface area contributed by atoms with E-state index < -0.39 is 35.2 Å². The third-order valence-electron chi connectivity index (χ3n) is 5.50. The lowest BCUT2D eigenvalue weighted by molar-refractivity contribution is -0.137. The first-order chi connectivity index (χ1) is 13.4. The Kier molecular flexibility index (Phi) is 4.37. The van der Waals surface area contributed by atoms with Crippen molar-refractivity contribution in [3.63, 3.8) is 0 Å². The van der Waals surface area contributed by atoms with Crippen LogP contribution in [0.1, 0.15) is 30.9 Å². The van der Waals surface area contributed by atoms with Crippen molar-refractivity contribution >= 4 is 23.5 Å². The van der Waals surface area contributed by atoms with Gasteiger partial charge in [-0.25, -0.2) is 14.1 Å². The zero-order chi connectivity index (χ0) is 19.9. The number of imide groups is 1. The molecule has 0 unspecified atom stereocenters. The molecule has 0 radical (unpaired) electrons. The quantitative estimate of drug-likeness (QED) is 0.803. The Morgan fingerprint density at radius 3 is 2.68 bits per heavy atom. The number of hydrogen-bond donors (Lipinski definition) is 2. The molecule has 2 atom stereocenters. The van der Waals surface area contributed by atoms with Gasteiger partial charge in [0, 0.05) is 0 Å². The van der Waals surface area contributed by atoms with Crippen molar-refractivity contribution in [1.82, 2.24) is 10.2 Å². The Hall–Kier alpha value is -3.22. The van der Waals surface area contributed by atoms with Crippen LogP contribution in [0, 0.1) is 5.82 Å². The minimum absolute atomic E-state index is 0.00382. The molecule has 2 aliphatic rings. The molecule has 1 saturated heterocycles. The molecule has 1 fully saturated rings. The molecule has 144 valence electrons. The Labute approximate surface area is 161 Å². The first-order valence-electron chi connectivity index (χ1n) is 9.23. The second kappa shape index (κ2) is 6.74. The van der Waals surface area contributed by atoms with E-state index >= 15 is 0 Å². The molecule has 7 heteroatoms. The van der Waals surface area contributed by atoms with Gasteiger partial charge in [0.25, 0.3) is 5.91 Å². The van der Waals surface area contributed by atoms with Gasteiger partial charge in [-0.15, -0.1) is 0 Å². The number of carbonyl (C=O) groups is 3. The molecule has 1 heterocycles. The average molecular weight is 381 g/mol. The first kappa shape index (κ1) is 18.2. The summed E-state index contributed by atoms with van der Waals surface area (Å²) < 4.78 is 13.8. The largest absolute Gasteiger partial charge is 0.326 e. The number of nitrogens with one attached hydrogen (secondary N) is 2. The summed E-state index contributed by atoms with van der Waals surface area (Å²) in [5.41, 5.74) is 0.666. The number of amides is 4. The van der Waals surface area contributed by atoms with Gasteiger partial charge in [0.05, 0.1) is 5.69 Å². The second-order valence-electron chi connectivity index (χ2n) is 7.17. The number of urea groups is 1. The fourth-order valence-corrected chi connectivity index (χ4v) is 4.05. The van der Waals surface area contributed by atoms with E-state index in [-0.39, 0.29) is 5.69 Å². The molecule has 6 nitrogen and oxygen atoms in total. The zero-order valence-electron chi connectivity index (χ0n) is 15.4. The number of halogens is 1. The van der Waals surface area contributed by atoms with Gasteiger partial charge in [-0.05, 0) is 49.4 Å². The average Bonchev–Trinajstić information content (AvgIpc) is 2.93. The van der Waals surface area contributed by atoms with Crippen molar-refractivity contribution in [3.05, 3.63) is 65.5 Å². The molecule has 4 amide bonds. The highest BCUT2D eigenvalue weighted by atomic mass is 19.1. The maximum absolute atomic E-state index is 13.8. The van der Waals surface area contributed by atoms with Gasteiger partial charge in [0.2, 0.25) is 5.91 Å². The summed E-state index contributed by atoms with van der Waals surface area (Å²) in [5, 5.41) is 5.27. The number of nitrogens with zero attached hydrogens (tertiary/aromatic N) is 1. The minimum Gasteiger partial charge on any atom is -0.322 e. The van der Waals surface area contributed by atoms with E-state index in [9.17, 15) is 18.8 Å². The van der Waals surface area contributed by atoms with Crippen LogP contribution >= 0.6 is 0 Å². The molecule has 2 N–H and O–H groups in total. The maximum Gasteiger partial charge on any atom is 0.326 e. The predicted molar refractivity (Wildman–Crippen MR) is 101 cm³/mol. The molecule has 1 aliphatic carbocycles. The smallest absolute Gasteiger partial charge is 0.322 e. The van der Waals surface area contributed by atoms with Gasteiger partial charge in [-0.2, -0.15) is 0 Å². The Bertz CT molecular complexity index is 977. The third-order valence-corrected chi connectivity index (χ3v) is 5.50. The topological polar surface area (TPSA) is 78.5 Å². The molecule has 1 spiro atoms. The van der Waals surface area contributed by atoms with Crippen molar-refractivity contribution in [2.45, 2.75) is 37.8 Å². The summed E-state index contributed by atoms with van der Waals surface area (Å²) in [4.78, 5) is 39.5. The van der Waals surface area contributed by atoms with Gasteiger partial charge >= 0.3 is 6.03 Å². The van der Waals surface area contributed by atoms with Gasteiger partial charge in [0.15, 0.2) is 0 Å². The van der Waals surface area contributed by atoms with E-state index in [1.54, 1.807) is 6.07 Å². The first-order valence-corrected chi connectivity index (χ1v) is 9.23. The van der Waals surface area contributed by atoms with Gasteiger partial charge in [-0.1, -0.05) is 36.4 Å². The standard InChI is InChI=1S/C21H20FN3O3/c1-13(18(26)23-17-11-5-4-10-16(17)22)25-19(27)21(24-20(25)28)12-6-8-14-7-2-3-9-15(14)21/h2-5,7,9-11,13H,6,8,12H2,1H3,(H,23,26)(H,24,28)/t13-,21+/m1/s1. The summed E-state index contributed by atoms with van der Waals surface area (Å²) in [6.07, 6.45) is 2.07. The van der Waals surface area contributed by atoms with Crippen LogP contribution in [0.25, 0.3) is 0 Å². The highest BCUT2D eigenvalue weighted by Crippen LogP contribution is 2.40. The van der Waals surface area contributed by atoms with Crippen molar-refractivity contribution in [3.8, 4) is 0 Å². The van der Waals surface area contributed by atoms with Crippen LogP contribution in [0.3, 0.4) is 0 Å². The van der Waals surface area contributed by atoms with Crippen LogP contribution in [-0.2, 0) is 21.5 Å². The van der Waals surface area contributed by atoms with E-state index in [1.165, 1.54) is 25.1 Å². The third kappa shape index (κ3) is 2.74. The normalized spacial score (nSPS) is 22.0. The van der Waals surface area contributed by atoms with Crippen LogP contribution in [0.4, 0.5) is 14.9 Å². The highest BCUT2D eigenvalue weighted by molar-refractivity contribution is 6.11. The van der Waals surface area contributed by atoms with E-state index in [2.05, 4.69) is 10.6 Å². The summed E-state index contributed by atoms with van der Waals surface area (Å²) in [6, 6.07) is 11.6. The zero-order valence-corrected chi connectivity index (χ0v) is 15.4. The number of fused-ring (bicyclic) bond motifs is 2. The fourth-order valence-electron chi connectivity index (χ4n) is 4.05. The van der Waals surface area contributed by atoms with E-state index in [4.69, 9.17) is 0 Å². The van der Waals surface area contributed by atoms with Crippen LogP contribution in [-0.4, -0.2) is 28.8 Å². The van der Waals surface area contributed by atoms with E-state index in [0.29, 0.717) is 6.42 Å². The molecule has 2 aromatic carbocycles. The Morgan fingerprint density at radius 2 is 1.89 bits per heavy atom. The lowest BCUT2D eigenvalue weighted by Gasteiger charge is -2.33. The monoisotopic (exact) mass is 381 g/mol. The van der Waals surface area contributed by atoms with Crippen LogP contribution in [0.5, 0.6) is 0 Å². The van der Waals surface area contributed by atoms with E-state index in [1.807, 2.05) is 24.3 Å². The molecule has 0 saturated carbocycles. The van der Waals surface area contributed by atoms with Crippen molar-refractivity contribution < 1.29 is 18.8 Å². The summed E-state index contributed by atoms with van der Waals surface area (Å²) in [7, 11) is 0. The number of para-hydroxylation sites is 1. The molecule has 4 rings (SSSR count). The maximum atomic E-state index is 13.8. The number of anilines is 1. The van der Waals surface area contributed by atoms with Crippen molar-refractivity contribution in [2.75, 3.05) is 5.32 Å². The number of carbonyl (C=O) groups excluding carboxylic acids is 3. The minimum atomic E-state index is -1.14. The number of rotatable bonds is 3. The lowest BCUT2D eigenvalue weighted by atomic mass is 9.76. The van der Waals surface area contributed by atoms with Crippen molar-refractivity contribution in [1.29, 1.82) is 0 Å². The van der Waals surface area contributed by atoms with Crippen molar-refractivity contribution in [2.24, 2.45) is 0 Å². The number of hydrogen-bond acceptors (Lipinski definition) is 3. The second-order valence-corrected chi connectivity index (χ2v) is 7.17. The van der Waals surface area contributed by atoms with Crippen LogP contribution in [0.15, 0.2) is 48.5 Å². The summed E-state index contributed by atoms with van der Waals surface area (Å²) in [6.45, 7) is 1.46. The SMILES string of the molecule is C[C@H](C(=O)Nc1ccccc1F)N1C(=O)N[C@]2(CCCc3ccccc32)C1=O.